The zero-order valence-corrected chi connectivity index (χ0v) is 17.7. The van der Waals surface area contributed by atoms with E-state index in [1.807, 2.05) is 27.8 Å². The lowest BCUT2D eigenvalue weighted by molar-refractivity contribution is -0.122. The fraction of sp³-hybridized carbons (Fsp3) is 0.421. The first-order valence-corrected chi connectivity index (χ1v) is 10.7. The van der Waals surface area contributed by atoms with Crippen molar-refractivity contribution in [2.75, 3.05) is 19.6 Å². The average molecular weight is 420 g/mol. The van der Waals surface area contributed by atoms with Crippen LogP contribution in [0.2, 0.25) is 0 Å². The van der Waals surface area contributed by atoms with E-state index in [1.165, 1.54) is 24.3 Å². The summed E-state index contributed by atoms with van der Waals surface area (Å²) in [6, 6.07) is 5.49. The Morgan fingerprint density at radius 2 is 1.90 bits per heavy atom. The van der Waals surface area contributed by atoms with E-state index in [2.05, 4.69) is 15.7 Å². The van der Waals surface area contributed by atoms with Crippen LogP contribution >= 0.6 is 0 Å². The summed E-state index contributed by atoms with van der Waals surface area (Å²) in [7, 11) is -1.93. The summed E-state index contributed by atoms with van der Waals surface area (Å²) < 4.78 is 28.3. The molecular weight excluding hydrogens is 394 g/mol. The van der Waals surface area contributed by atoms with Crippen molar-refractivity contribution in [2.24, 2.45) is 7.05 Å². The molecule has 0 spiro atoms. The number of carbonyl (C=O) groups is 2. The molecule has 0 bridgehead atoms. The van der Waals surface area contributed by atoms with Crippen LogP contribution in [-0.2, 0) is 21.9 Å². The van der Waals surface area contributed by atoms with Crippen LogP contribution in [0, 0.1) is 13.8 Å². The van der Waals surface area contributed by atoms with E-state index in [4.69, 9.17) is 0 Å². The van der Waals surface area contributed by atoms with Crippen LogP contribution in [0.1, 0.15) is 40.3 Å². The van der Waals surface area contributed by atoms with Crippen LogP contribution in [0.25, 0.3) is 0 Å². The monoisotopic (exact) mass is 419 g/mol. The molecule has 9 nitrogen and oxygen atoms in total. The molecule has 0 radical (unpaired) electrons. The molecule has 29 heavy (non-hydrogen) atoms. The molecule has 2 aromatic rings. The van der Waals surface area contributed by atoms with E-state index < -0.39 is 10.0 Å². The second-order valence-corrected chi connectivity index (χ2v) is 9.05. The van der Waals surface area contributed by atoms with E-state index in [0.717, 1.165) is 21.3 Å². The summed E-state index contributed by atoms with van der Waals surface area (Å²) in [5.74, 6) is -0.632. The summed E-state index contributed by atoms with van der Waals surface area (Å²) in [6.45, 7) is 6.02. The topological polar surface area (TPSA) is 113 Å². The molecule has 1 atom stereocenters. The van der Waals surface area contributed by atoms with Crippen LogP contribution in [0.5, 0.6) is 0 Å². The van der Waals surface area contributed by atoms with Crippen molar-refractivity contribution >= 4 is 21.8 Å². The SMILES string of the molecule is Cc1nn(C)c(C)c1C(C)NC(=O)c1ccc(S(=O)(=O)N2CCNC(=O)C2)cc1. The molecular formula is C19H25N5O4S. The van der Waals surface area contributed by atoms with Gasteiger partial charge in [0.1, 0.15) is 0 Å². The van der Waals surface area contributed by atoms with Gasteiger partial charge in [-0.05, 0) is 45.0 Å². The van der Waals surface area contributed by atoms with Crippen molar-refractivity contribution in [3.8, 4) is 0 Å². The molecule has 0 saturated carbocycles. The first kappa shape index (κ1) is 21.0. The van der Waals surface area contributed by atoms with Gasteiger partial charge >= 0.3 is 0 Å². The van der Waals surface area contributed by atoms with Gasteiger partial charge in [-0.1, -0.05) is 0 Å². The van der Waals surface area contributed by atoms with E-state index >= 15 is 0 Å². The standard InChI is InChI=1S/C19H25N5O4S/c1-12(18-13(2)22-23(4)14(18)3)21-19(26)15-5-7-16(8-6-15)29(27,28)24-10-9-20-17(25)11-24/h5-8,12H,9-11H2,1-4H3,(H,20,25)(H,21,26). The van der Waals surface area contributed by atoms with Crippen LogP contribution in [0.15, 0.2) is 29.2 Å². The summed E-state index contributed by atoms with van der Waals surface area (Å²) in [5, 5.41) is 9.89. The van der Waals surface area contributed by atoms with Gasteiger partial charge < -0.3 is 10.6 Å². The van der Waals surface area contributed by atoms with Crippen LogP contribution in [0.4, 0.5) is 0 Å². The fourth-order valence-electron chi connectivity index (χ4n) is 3.52. The molecule has 1 aromatic carbocycles. The van der Waals surface area contributed by atoms with Gasteiger partial charge in [0.05, 0.1) is 23.2 Å². The number of rotatable bonds is 5. The van der Waals surface area contributed by atoms with Gasteiger partial charge in [-0.2, -0.15) is 9.40 Å². The predicted octanol–water partition coefficient (Wildman–Crippen LogP) is 0.648. The second kappa shape index (κ2) is 7.96. The van der Waals surface area contributed by atoms with Crippen LogP contribution in [-0.4, -0.2) is 54.0 Å². The third-order valence-electron chi connectivity index (χ3n) is 5.10. The molecule has 1 fully saturated rings. The maximum absolute atomic E-state index is 12.7. The Morgan fingerprint density at radius 3 is 2.45 bits per heavy atom. The van der Waals surface area contributed by atoms with E-state index in [9.17, 15) is 18.0 Å². The highest BCUT2D eigenvalue weighted by Crippen LogP contribution is 2.22. The number of nitrogens with one attached hydrogen (secondary N) is 2. The number of benzene rings is 1. The molecule has 2 amide bonds. The average Bonchev–Trinajstić information content (AvgIpc) is 2.93. The minimum atomic E-state index is -3.78. The number of amides is 2. The number of hydrogen-bond acceptors (Lipinski definition) is 5. The zero-order chi connectivity index (χ0) is 21.3. The van der Waals surface area contributed by atoms with Gasteiger partial charge in [0.15, 0.2) is 0 Å². The molecule has 1 aliphatic rings. The highest BCUT2D eigenvalue weighted by Gasteiger charge is 2.29. The third-order valence-corrected chi connectivity index (χ3v) is 6.96. The Bertz CT molecular complexity index is 1040. The lowest BCUT2D eigenvalue weighted by atomic mass is 10.1. The van der Waals surface area contributed by atoms with E-state index in [-0.39, 0.29) is 42.4 Å². The Hall–Kier alpha value is -2.72. The predicted molar refractivity (Wildman–Crippen MR) is 107 cm³/mol. The molecule has 0 aliphatic carbocycles. The van der Waals surface area contributed by atoms with Crippen molar-refractivity contribution in [3.05, 3.63) is 46.8 Å². The number of aryl methyl sites for hydroxylation is 2. The van der Waals surface area contributed by atoms with Crippen molar-refractivity contribution in [3.63, 3.8) is 0 Å². The number of sulfonamides is 1. The minimum Gasteiger partial charge on any atom is -0.354 e. The summed E-state index contributed by atoms with van der Waals surface area (Å²) >= 11 is 0. The maximum atomic E-state index is 12.7. The van der Waals surface area contributed by atoms with Crippen LogP contribution in [0.3, 0.4) is 0 Å². The Kier molecular flexibility index (Phi) is 5.76. The normalized spacial score (nSPS) is 16.3. The third kappa shape index (κ3) is 4.18. The van der Waals surface area contributed by atoms with Gasteiger partial charge in [0.25, 0.3) is 5.91 Å². The highest BCUT2D eigenvalue weighted by molar-refractivity contribution is 7.89. The Labute approximate surface area is 170 Å². The maximum Gasteiger partial charge on any atom is 0.251 e. The fourth-order valence-corrected chi connectivity index (χ4v) is 4.91. The molecule has 2 N–H and O–H groups in total. The summed E-state index contributed by atoms with van der Waals surface area (Å²) in [4.78, 5) is 24.2. The number of hydrogen-bond donors (Lipinski definition) is 2. The smallest absolute Gasteiger partial charge is 0.251 e. The lowest BCUT2D eigenvalue weighted by Gasteiger charge is -2.25. The summed E-state index contributed by atoms with van der Waals surface area (Å²) in [6.07, 6.45) is 0. The molecule has 1 saturated heterocycles. The zero-order valence-electron chi connectivity index (χ0n) is 16.9. The number of nitrogens with zero attached hydrogens (tertiary/aromatic N) is 3. The molecule has 2 heterocycles. The Morgan fingerprint density at radius 1 is 1.24 bits per heavy atom. The van der Waals surface area contributed by atoms with Crippen molar-refractivity contribution < 1.29 is 18.0 Å². The van der Waals surface area contributed by atoms with Gasteiger partial charge in [-0.3, -0.25) is 14.3 Å². The first-order chi connectivity index (χ1) is 13.6. The quantitative estimate of drug-likeness (QED) is 0.739. The molecule has 156 valence electrons. The van der Waals surface area contributed by atoms with Crippen molar-refractivity contribution in [1.29, 1.82) is 0 Å². The van der Waals surface area contributed by atoms with E-state index in [1.54, 1.807) is 4.68 Å². The van der Waals surface area contributed by atoms with Gasteiger partial charge in [-0.25, -0.2) is 8.42 Å². The van der Waals surface area contributed by atoms with Crippen molar-refractivity contribution in [2.45, 2.75) is 31.7 Å². The molecule has 1 unspecified atom stereocenters. The first-order valence-electron chi connectivity index (χ1n) is 9.29. The molecule has 1 aromatic heterocycles. The molecule has 1 aliphatic heterocycles. The Balaban J connectivity index is 1.74. The van der Waals surface area contributed by atoms with Gasteiger partial charge in [0.2, 0.25) is 15.9 Å². The van der Waals surface area contributed by atoms with Gasteiger partial charge in [0, 0.05) is 37.0 Å². The number of carbonyl (C=O) groups excluding carboxylic acids is 2. The minimum absolute atomic E-state index is 0.0516. The summed E-state index contributed by atoms with van der Waals surface area (Å²) in [5.41, 5.74) is 3.14. The number of piperazine rings is 1. The van der Waals surface area contributed by atoms with Crippen LogP contribution < -0.4 is 10.6 Å². The lowest BCUT2D eigenvalue weighted by Crippen LogP contribution is -2.49. The van der Waals surface area contributed by atoms with Crippen molar-refractivity contribution in [1.82, 2.24) is 24.7 Å². The largest absolute Gasteiger partial charge is 0.354 e. The number of aromatic nitrogens is 2. The molecule has 10 heteroatoms. The second-order valence-electron chi connectivity index (χ2n) is 7.12. The highest BCUT2D eigenvalue weighted by atomic mass is 32.2. The van der Waals surface area contributed by atoms with E-state index in [0.29, 0.717) is 5.56 Å². The molecule has 3 rings (SSSR count). The van der Waals surface area contributed by atoms with Gasteiger partial charge in [-0.15, -0.1) is 0 Å².